The van der Waals surface area contributed by atoms with Crippen molar-refractivity contribution in [2.45, 2.75) is 0 Å². The van der Waals surface area contributed by atoms with Crippen molar-refractivity contribution < 1.29 is 4.79 Å². The lowest BCUT2D eigenvalue weighted by Gasteiger charge is -2.17. The molecule has 0 aliphatic carbocycles. The first kappa shape index (κ1) is 14.1. The van der Waals surface area contributed by atoms with E-state index in [9.17, 15) is 4.79 Å². The molecule has 2 heterocycles. The summed E-state index contributed by atoms with van der Waals surface area (Å²) in [7, 11) is 1.74. The monoisotopic (exact) mass is 363 g/mol. The summed E-state index contributed by atoms with van der Waals surface area (Å²) in [5, 5.41) is 0.609. The van der Waals surface area contributed by atoms with E-state index in [4.69, 9.17) is 11.6 Å². The van der Waals surface area contributed by atoms with E-state index in [0.29, 0.717) is 10.6 Å². The van der Waals surface area contributed by atoms with Crippen molar-refractivity contribution in [2.24, 2.45) is 0 Å². The maximum Gasteiger partial charge on any atom is 0.258 e. The highest BCUT2D eigenvalue weighted by atomic mass is 79.9. The molecule has 0 aliphatic rings. The number of imidazole rings is 1. The average molecular weight is 365 g/mol. The van der Waals surface area contributed by atoms with E-state index in [0.717, 1.165) is 15.9 Å². The van der Waals surface area contributed by atoms with Gasteiger partial charge in [0.1, 0.15) is 10.3 Å². The van der Waals surface area contributed by atoms with Gasteiger partial charge >= 0.3 is 0 Å². The second kappa shape index (κ2) is 5.50. The molecule has 0 spiro atoms. The van der Waals surface area contributed by atoms with E-state index in [1.165, 1.54) is 0 Å². The van der Waals surface area contributed by atoms with Gasteiger partial charge in [-0.2, -0.15) is 0 Å². The Morgan fingerprint density at radius 1 is 1.24 bits per heavy atom. The fraction of sp³-hybridized carbons (Fsp3) is 0.0667. The molecule has 1 amide bonds. The Morgan fingerprint density at radius 2 is 1.95 bits per heavy atom. The Hall–Kier alpha value is -1.85. The van der Waals surface area contributed by atoms with Crippen LogP contribution in [0.2, 0.25) is 5.02 Å². The second-order valence-corrected chi connectivity index (χ2v) is 5.82. The molecule has 2 aromatic heterocycles. The van der Waals surface area contributed by atoms with E-state index in [-0.39, 0.29) is 5.91 Å². The molecule has 1 aromatic carbocycles. The molecule has 0 fully saturated rings. The normalized spacial score (nSPS) is 10.8. The van der Waals surface area contributed by atoms with Crippen LogP contribution >= 0.6 is 27.5 Å². The van der Waals surface area contributed by atoms with Crippen molar-refractivity contribution in [1.82, 2.24) is 9.38 Å². The molecule has 21 heavy (non-hydrogen) atoms. The zero-order chi connectivity index (χ0) is 15.0. The summed E-state index contributed by atoms with van der Waals surface area (Å²) in [5.74, 6) is -0.0951. The van der Waals surface area contributed by atoms with Crippen LogP contribution in [0, 0.1) is 0 Å². The minimum absolute atomic E-state index is 0.0951. The molecule has 0 saturated carbocycles. The lowest BCUT2D eigenvalue weighted by molar-refractivity contribution is 0.0993. The molecule has 3 rings (SSSR count). The Balaban J connectivity index is 1.95. The van der Waals surface area contributed by atoms with Gasteiger partial charge in [-0.15, -0.1) is 0 Å². The van der Waals surface area contributed by atoms with Gasteiger partial charge in [-0.1, -0.05) is 11.6 Å². The standard InChI is InChI=1S/C15H11BrClN3O/c1-19(15(21)10-2-4-11(17)5-3-10)12-6-7-14-18-8-13(16)20(14)9-12/h2-9H,1H3. The van der Waals surface area contributed by atoms with Crippen LogP contribution in [0.15, 0.2) is 53.4 Å². The maximum atomic E-state index is 12.5. The summed E-state index contributed by atoms with van der Waals surface area (Å²) in [6.07, 6.45) is 3.58. The van der Waals surface area contributed by atoms with Crippen LogP contribution in [0.3, 0.4) is 0 Å². The lowest BCUT2D eigenvalue weighted by atomic mass is 10.2. The van der Waals surface area contributed by atoms with Crippen LogP contribution in [-0.2, 0) is 0 Å². The molecule has 0 aliphatic heterocycles. The van der Waals surface area contributed by atoms with Crippen LogP contribution < -0.4 is 4.90 Å². The van der Waals surface area contributed by atoms with Gasteiger partial charge in [-0.25, -0.2) is 4.98 Å². The van der Waals surface area contributed by atoms with Gasteiger partial charge < -0.3 is 4.90 Å². The molecule has 0 saturated heterocycles. The quantitative estimate of drug-likeness (QED) is 0.688. The summed E-state index contributed by atoms with van der Waals surface area (Å²) in [4.78, 5) is 18.3. The number of fused-ring (bicyclic) bond motifs is 1. The van der Waals surface area contributed by atoms with E-state index in [1.54, 1.807) is 42.4 Å². The van der Waals surface area contributed by atoms with Crippen molar-refractivity contribution in [3.05, 3.63) is 64.0 Å². The Bertz CT molecular complexity index is 813. The van der Waals surface area contributed by atoms with Gasteiger partial charge in [0.15, 0.2) is 0 Å². The number of rotatable bonds is 2. The number of amides is 1. The number of benzene rings is 1. The minimum Gasteiger partial charge on any atom is -0.310 e. The van der Waals surface area contributed by atoms with Crippen LogP contribution in [0.25, 0.3) is 5.65 Å². The summed E-state index contributed by atoms with van der Waals surface area (Å²) in [6.45, 7) is 0. The van der Waals surface area contributed by atoms with E-state index in [1.807, 2.05) is 22.7 Å². The van der Waals surface area contributed by atoms with Crippen molar-refractivity contribution in [3.63, 3.8) is 0 Å². The van der Waals surface area contributed by atoms with Gasteiger partial charge in [0.25, 0.3) is 5.91 Å². The number of halogens is 2. The lowest BCUT2D eigenvalue weighted by Crippen LogP contribution is -2.26. The van der Waals surface area contributed by atoms with Crippen LogP contribution in [-0.4, -0.2) is 22.3 Å². The maximum absolute atomic E-state index is 12.5. The molecule has 0 bridgehead atoms. The van der Waals surface area contributed by atoms with Gasteiger partial charge in [0, 0.05) is 23.8 Å². The summed E-state index contributed by atoms with van der Waals surface area (Å²) < 4.78 is 2.72. The molecule has 0 radical (unpaired) electrons. The first-order chi connectivity index (χ1) is 10.1. The molecular weight excluding hydrogens is 354 g/mol. The van der Waals surface area contributed by atoms with Crippen molar-refractivity contribution in [3.8, 4) is 0 Å². The van der Waals surface area contributed by atoms with Gasteiger partial charge in [-0.05, 0) is 52.3 Å². The number of hydrogen-bond acceptors (Lipinski definition) is 2. The largest absolute Gasteiger partial charge is 0.310 e. The molecular formula is C15H11BrClN3O. The molecule has 0 N–H and O–H groups in total. The highest BCUT2D eigenvalue weighted by Crippen LogP contribution is 2.20. The number of hydrogen-bond donors (Lipinski definition) is 0. The fourth-order valence-corrected chi connectivity index (χ4v) is 2.55. The van der Waals surface area contributed by atoms with Crippen LogP contribution in [0.1, 0.15) is 10.4 Å². The molecule has 6 heteroatoms. The first-order valence-electron chi connectivity index (χ1n) is 6.22. The zero-order valence-corrected chi connectivity index (χ0v) is 13.5. The Labute approximate surface area is 135 Å². The number of anilines is 1. The highest BCUT2D eigenvalue weighted by Gasteiger charge is 2.14. The molecule has 3 aromatic rings. The number of aromatic nitrogens is 2. The number of pyridine rings is 1. The summed E-state index contributed by atoms with van der Waals surface area (Å²) in [5.41, 5.74) is 2.19. The Morgan fingerprint density at radius 3 is 2.67 bits per heavy atom. The average Bonchev–Trinajstić information content (AvgIpc) is 2.87. The van der Waals surface area contributed by atoms with Crippen LogP contribution in [0.5, 0.6) is 0 Å². The topological polar surface area (TPSA) is 37.6 Å². The molecule has 4 nitrogen and oxygen atoms in total. The summed E-state index contributed by atoms with van der Waals surface area (Å²) >= 11 is 9.27. The number of carbonyl (C=O) groups is 1. The third-order valence-corrected chi connectivity index (χ3v) is 4.07. The highest BCUT2D eigenvalue weighted by molar-refractivity contribution is 9.10. The van der Waals surface area contributed by atoms with E-state index < -0.39 is 0 Å². The third-order valence-electron chi connectivity index (χ3n) is 3.23. The van der Waals surface area contributed by atoms with E-state index in [2.05, 4.69) is 20.9 Å². The minimum atomic E-state index is -0.0951. The molecule has 106 valence electrons. The summed E-state index contributed by atoms with van der Waals surface area (Å²) in [6, 6.07) is 10.6. The van der Waals surface area contributed by atoms with Crippen LogP contribution in [0.4, 0.5) is 5.69 Å². The smallest absolute Gasteiger partial charge is 0.258 e. The third kappa shape index (κ3) is 2.66. The van der Waals surface area contributed by atoms with Crippen molar-refractivity contribution in [2.75, 3.05) is 11.9 Å². The van der Waals surface area contributed by atoms with Gasteiger partial charge in [0.05, 0.1) is 11.9 Å². The van der Waals surface area contributed by atoms with Gasteiger partial charge in [0.2, 0.25) is 0 Å². The molecule has 0 atom stereocenters. The predicted molar refractivity (Wildman–Crippen MR) is 87.1 cm³/mol. The Kier molecular flexibility index (Phi) is 3.69. The van der Waals surface area contributed by atoms with Crippen molar-refractivity contribution in [1.29, 1.82) is 0 Å². The second-order valence-electron chi connectivity index (χ2n) is 4.57. The first-order valence-corrected chi connectivity index (χ1v) is 7.39. The van der Waals surface area contributed by atoms with Crippen molar-refractivity contribution >= 4 is 44.8 Å². The number of carbonyl (C=O) groups excluding carboxylic acids is 1. The SMILES string of the molecule is CN(C(=O)c1ccc(Cl)cc1)c1ccc2ncc(Br)n2c1. The zero-order valence-electron chi connectivity index (χ0n) is 11.1. The predicted octanol–water partition coefficient (Wildman–Crippen LogP) is 4.03. The number of nitrogens with zero attached hydrogens (tertiary/aromatic N) is 3. The van der Waals surface area contributed by atoms with E-state index >= 15 is 0 Å². The van der Waals surface area contributed by atoms with Gasteiger partial charge in [-0.3, -0.25) is 9.20 Å². The fourth-order valence-electron chi connectivity index (χ4n) is 2.04. The molecule has 0 unspecified atom stereocenters.